The van der Waals surface area contributed by atoms with Gasteiger partial charge in [0.25, 0.3) is 6.26 Å². The predicted octanol–water partition coefficient (Wildman–Crippen LogP) is 4.01. The first kappa shape index (κ1) is 19.1. The van der Waals surface area contributed by atoms with Gasteiger partial charge in [-0.05, 0) is 44.6 Å². The number of hydrogen-bond acceptors (Lipinski definition) is 5. The molecule has 23 heavy (non-hydrogen) atoms. The third kappa shape index (κ3) is 8.29. The summed E-state index contributed by atoms with van der Waals surface area (Å²) in [5, 5.41) is 8.27. The summed E-state index contributed by atoms with van der Waals surface area (Å²) in [4.78, 5) is 11.3. The Kier molecular flexibility index (Phi) is 9.62. The number of esters is 1. The van der Waals surface area contributed by atoms with Gasteiger partial charge < -0.3 is 14.2 Å². The van der Waals surface area contributed by atoms with Crippen LogP contribution in [0.15, 0.2) is 23.5 Å². The van der Waals surface area contributed by atoms with E-state index in [1.807, 2.05) is 0 Å². The third-order valence-electron chi connectivity index (χ3n) is 3.76. The van der Waals surface area contributed by atoms with Gasteiger partial charge in [-0.25, -0.2) is 4.79 Å². The van der Waals surface area contributed by atoms with E-state index in [0.717, 1.165) is 50.7 Å². The highest BCUT2D eigenvalue weighted by Gasteiger charge is 2.16. The van der Waals surface area contributed by atoms with Gasteiger partial charge in [0.1, 0.15) is 19.8 Å². The van der Waals surface area contributed by atoms with E-state index in [1.54, 1.807) is 13.2 Å². The summed E-state index contributed by atoms with van der Waals surface area (Å²) in [5.41, 5.74) is 1.81. The second-order valence-corrected chi connectivity index (χ2v) is 5.75. The molecule has 0 aromatic heterocycles. The Balaban J connectivity index is 2.18. The van der Waals surface area contributed by atoms with E-state index in [-0.39, 0.29) is 12.6 Å². The normalized spacial score (nSPS) is 12.8. The zero-order valence-corrected chi connectivity index (χ0v) is 14.1. The van der Waals surface area contributed by atoms with Crippen LogP contribution in [0.2, 0.25) is 0 Å². The van der Waals surface area contributed by atoms with E-state index >= 15 is 0 Å². The zero-order valence-electron chi connectivity index (χ0n) is 14.1. The van der Waals surface area contributed by atoms with E-state index < -0.39 is 0 Å². The largest absolute Gasteiger partial charge is 0.494 e. The number of hydrogen-bond donors (Lipinski definition) is 0. The second-order valence-electron chi connectivity index (χ2n) is 5.75. The van der Waals surface area contributed by atoms with E-state index in [0.29, 0.717) is 18.8 Å². The van der Waals surface area contributed by atoms with Gasteiger partial charge in [0, 0.05) is 12.0 Å². The Labute approximate surface area is 138 Å². The SMILES string of the molecule is C=C(C)C(=O)OCCOC(CCCCCCOC#N)=C1CCC1. The van der Waals surface area contributed by atoms with Gasteiger partial charge in [0.05, 0.1) is 5.76 Å². The molecular formula is C18H27NO4. The van der Waals surface area contributed by atoms with Crippen LogP contribution >= 0.6 is 0 Å². The van der Waals surface area contributed by atoms with Gasteiger partial charge in [-0.3, -0.25) is 0 Å². The molecule has 1 fully saturated rings. The van der Waals surface area contributed by atoms with E-state index in [9.17, 15) is 4.79 Å². The molecule has 0 heterocycles. The number of allylic oxidation sites excluding steroid dienone is 2. The highest BCUT2D eigenvalue weighted by Crippen LogP contribution is 2.31. The van der Waals surface area contributed by atoms with Crippen LogP contribution < -0.4 is 0 Å². The quantitative estimate of drug-likeness (QED) is 0.179. The summed E-state index contributed by atoms with van der Waals surface area (Å²) in [6, 6.07) is 0. The van der Waals surface area contributed by atoms with Crippen LogP contribution in [0.25, 0.3) is 0 Å². The first-order chi connectivity index (χ1) is 11.1. The molecule has 0 N–H and O–H groups in total. The molecule has 0 amide bonds. The number of nitriles is 1. The first-order valence-corrected chi connectivity index (χ1v) is 8.32. The molecule has 0 aromatic rings. The summed E-state index contributed by atoms with van der Waals surface area (Å²) in [6.45, 7) is 6.34. The summed E-state index contributed by atoms with van der Waals surface area (Å²) in [5.74, 6) is 0.710. The highest BCUT2D eigenvalue weighted by atomic mass is 16.6. The Bertz CT molecular complexity index is 456. The molecule has 128 valence electrons. The van der Waals surface area contributed by atoms with Crippen LogP contribution in [-0.4, -0.2) is 25.8 Å². The molecule has 1 aliphatic rings. The minimum atomic E-state index is -0.369. The summed E-state index contributed by atoms with van der Waals surface area (Å²) >= 11 is 0. The van der Waals surface area contributed by atoms with E-state index in [1.165, 1.54) is 12.0 Å². The van der Waals surface area contributed by atoms with Crippen LogP contribution in [0.5, 0.6) is 0 Å². The fourth-order valence-electron chi connectivity index (χ4n) is 2.26. The Morgan fingerprint density at radius 1 is 1.13 bits per heavy atom. The van der Waals surface area contributed by atoms with Crippen molar-refractivity contribution in [3.05, 3.63) is 23.5 Å². The number of unbranched alkanes of at least 4 members (excludes halogenated alkanes) is 3. The van der Waals surface area contributed by atoms with Crippen LogP contribution in [0.1, 0.15) is 58.3 Å². The van der Waals surface area contributed by atoms with Crippen molar-refractivity contribution in [1.82, 2.24) is 0 Å². The van der Waals surface area contributed by atoms with Crippen molar-refractivity contribution in [2.45, 2.75) is 58.3 Å². The predicted molar refractivity (Wildman–Crippen MR) is 87.3 cm³/mol. The molecule has 0 spiro atoms. The number of carbonyl (C=O) groups is 1. The number of ether oxygens (including phenoxy) is 3. The average molecular weight is 321 g/mol. The maximum Gasteiger partial charge on any atom is 0.333 e. The van der Waals surface area contributed by atoms with E-state index in [4.69, 9.17) is 14.7 Å². The van der Waals surface area contributed by atoms with Gasteiger partial charge in [-0.15, -0.1) is 0 Å². The zero-order chi connectivity index (χ0) is 16.9. The standard InChI is InChI=1S/C18H27NO4/c1-15(2)18(20)23-13-12-22-17(16-8-7-9-16)10-5-3-4-6-11-21-14-19/h1,3-13H2,2H3. The number of nitrogens with zero attached hydrogens (tertiary/aromatic N) is 1. The van der Waals surface area contributed by atoms with Crippen LogP contribution in [-0.2, 0) is 19.0 Å². The monoisotopic (exact) mass is 321 g/mol. The van der Waals surface area contributed by atoms with Crippen molar-refractivity contribution in [2.24, 2.45) is 0 Å². The van der Waals surface area contributed by atoms with Gasteiger partial charge >= 0.3 is 5.97 Å². The third-order valence-corrected chi connectivity index (χ3v) is 3.76. The van der Waals surface area contributed by atoms with Crippen LogP contribution in [0, 0.1) is 11.5 Å². The Morgan fingerprint density at radius 2 is 1.83 bits per heavy atom. The molecule has 0 aromatic carbocycles. The molecule has 1 saturated carbocycles. The van der Waals surface area contributed by atoms with Gasteiger partial charge in [-0.1, -0.05) is 19.4 Å². The highest BCUT2D eigenvalue weighted by molar-refractivity contribution is 5.86. The van der Waals surface area contributed by atoms with Crippen molar-refractivity contribution in [3.8, 4) is 6.26 Å². The summed E-state index contributed by atoms with van der Waals surface area (Å²) in [7, 11) is 0. The molecule has 5 heteroatoms. The minimum Gasteiger partial charge on any atom is -0.494 e. The summed E-state index contributed by atoms with van der Waals surface area (Å²) < 4.78 is 15.5. The Morgan fingerprint density at radius 3 is 2.43 bits per heavy atom. The minimum absolute atomic E-state index is 0.258. The molecule has 0 aliphatic heterocycles. The molecule has 0 bridgehead atoms. The lowest BCUT2D eigenvalue weighted by atomic mass is 9.90. The molecule has 1 rings (SSSR count). The van der Waals surface area contributed by atoms with E-state index in [2.05, 4.69) is 11.3 Å². The topological polar surface area (TPSA) is 68.6 Å². The van der Waals surface area contributed by atoms with Crippen LogP contribution in [0.4, 0.5) is 0 Å². The van der Waals surface area contributed by atoms with Crippen molar-refractivity contribution < 1.29 is 19.0 Å². The van der Waals surface area contributed by atoms with Crippen molar-refractivity contribution in [2.75, 3.05) is 19.8 Å². The van der Waals surface area contributed by atoms with Crippen molar-refractivity contribution >= 4 is 5.97 Å². The second kappa shape index (κ2) is 11.6. The average Bonchev–Trinajstić information content (AvgIpc) is 2.47. The summed E-state index contributed by atoms with van der Waals surface area (Å²) in [6.07, 6.45) is 10.2. The molecule has 1 aliphatic carbocycles. The number of rotatable bonds is 12. The van der Waals surface area contributed by atoms with Crippen LogP contribution in [0.3, 0.4) is 0 Å². The fourth-order valence-corrected chi connectivity index (χ4v) is 2.26. The molecule has 0 unspecified atom stereocenters. The molecule has 0 radical (unpaired) electrons. The fraction of sp³-hybridized carbons (Fsp3) is 0.667. The number of carbonyl (C=O) groups excluding carboxylic acids is 1. The van der Waals surface area contributed by atoms with Gasteiger partial charge in [0.15, 0.2) is 0 Å². The van der Waals surface area contributed by atoms with Crippen molar-refractivity contribution in [3.63, 3.8) is 0 Å². The molecule has 5 nitrogen and oxygen atoms in total. The maximum atomic E-state index is 11.3. The molecule has 0 saturated heterocycles. The van der Waals surface area contributed by atoms with Gasteiger partial charge in [-0.2, -0.15) is 5.26 Å². The smallest absolute Gasteiger partial charge is 0.333 e. The molecular weight excluding hydrogens is 294 g/mol. The van der Waals surface area contributed by atoms with Crippen molar-refractivity contribution in [1.29, 1.82) is 5.26 Å². The maximum absolute atomic E-state index is 11.3. The lowest BCUT2D eigenvalue weighted by molar-refractivity contribution is -0.140. The lowest BCUT2D eigenvalue weighted by Crippen LogP contribution is -2.13. The lowest BCUT2D eigenvalue weighted by Gasteiger charge is -2.22. The van der Waals surface area contributed by atoms with Gasteiger partial charge in [0.2, 0.25) is 0 Å². The first-order valence-electron chi connectivity index (χ1n) is 8.32. The molecule has 0 atom stereocenters. The Hall–Kier alpha value is -1.96.